The summed E-state index contributed by atoms with van der Waals surface area (Å²) in [5.41, 5.74) is 0. The van der Waals surface area contributed by atoms with E-state index in [1.54, 1.807) is 0 Å². The first-order chi connectivity index (χ1) is 4.06. The zero-order valence-corrected chi connectivity index (χ0v) is 4.68. The Morgan fingerprint density at radius 2 is 1.78 bits per heavy atom. The molecule has 0 rings (SSSR count). The Balaban J connectivity index is 3.71. The van der Waals surface area contributed by atoms with E-state index in [-0.39, 0.29) is 6.21 Å². The van der Waals surface area contributed by atoms with Crippen molar-refractivity contribution in [3.05, 3.63) is 0 Å². The van der Waals surface area contributed by atoms with Crippen molar-refractivity contribution in [2.75, 3.05) is 0 Å². The number of halogens is 3. The van der Waals surface area contributed by atoms with Gasteiger partial charge in [0.15, 0.2) is 0 Å². The summed E-state index contributed by atoms with van der Waals surface area (Å²) >= 11 is 0. The van der Waals surface area contributed by atoms with Gasteiger partial charge in [-0.3, -0.25) is 0 Å². The third kappa shape index (κ3) is 7.13. The maximum absolute atomic E-state index is 11.2. The molecule has 0 heterocycles. The van der Waals surface area contributed by atoms with Crippen LogP contribution in [0.2, 0.25) is 0 Å². The number of hydrogen-bond acceptors (Lipinski definition) is 2. The van der Waals surface area contributed by atoms with Crippen molar-refractivity contribution in [1.82, 2.24) is 0 Å². The van der Waals surface area contributed by atoms with Crippen LogP contribution in [0.1, 0.15) is 6.92 Å². The second-order valence-corrected chi connectivity index (χ2v) is 1.16. The Morgan fingerprint density at radius 1 is 1.22 bits per heavy atom. The fraction of sp³-hybridized carbons (Fsp3) is 0.500. The molecule has 0 aromatic carbocycles. The van der Waals surface area contributed by atoms with Crippen molar-refractivity contribution in [3.8, 4) is 0 Å². The highest BCUT2D eigenvalue weighted by atomic mass is 19.4. The molecule has 0 aromatic rings. The van der Waals surface area contributed by atoms with E-state index in [4.69, 9.17) is 0 Å². The van der Waals surface area contributed by atoms with Crippen LogP contribution in [0.5, 0.6) is 0 Å². The lowest BCUT2D eigenvalue weighted by Crippen LogP contribution is -2.07. The van der Waals surface area contributed by atoms with Gasteiger partial charge in [0.05, 0.1) is 0 Å². The molecule has 52 valence electrons. The van der Waals surface area contributed by atoms with E-state index in [2.05, 4.69) is 10.2 Å². The fourth-order valence-electron chi connectivity index (χ4n) is 0.165. The molecule has 2 nitrogen and oxygen atoms in total. The molecule has 0 saturated carbocycles. The van der Waals surface area contributed by atoms with Gasteiger partial charge in [-0.25, -0.2) is 0 Å². The third-order valence-corrected chi connectivity index (χ3v) is 0.386. The molecule has 9 heavy (non-hydrogen) atoms. The van der Waals surface area contributed by atoms with E-state index >= 15 is 0 Å². The first-order valence-electron chi connectivity index (χ1n) is 2.15. The van der Waals surface area contributed by atoms with Crippen molar-refractivity contribution >= 4 is 12.4 Å². The highest BCUT2D eigenvalue weighted by molar-refractivity contribution is 5.65. The fourth-order valence-corrected chi connectivity index (χ4v) is 0.165. The smallest absolute Gasteiger partial charge is 0.165 e. The van der Waals surface area contributed by atoms with Gasteiger partial charge in [0.1, 0.15) is 6.21 Å². The summed E-state index contributed by atoms with van der Waals surface area (Å²) < 4.78 is 33.5. The van der Waals surface area contributed by atoms with Crippen molar-refractivity contribution in [1.29, 1.82) is 0 Å². The predicted molar refractivity (Wildman–Crippen MR) is 28.7 cm³/mol. The molecule has 0 bridgehead atoms. The SMILES string of the molecule is CC=NN=CC(F)(F)F. The number of hydrogen-bond donors (Lipinski definition) is 0. The van der Waals surface area contributed by atoms with Crippen LogP contribution in [0.4, 0.5) is 13.2 Å². The summed E-state index contributed by atoms with van der Waals surface area (Å²) in [5, 5.41) is 5.66. The monoisotopic (exact) mass is 138 g/mol. The normalized spacial score (nSPS) is 13.8. The predicted octanol–water partition coefficient (Wildman–Crippen LogP) is 1.63. The molecule has 0 fully saturated rings. The largest absolute Gasteiger partial charge is 0.428 e. The maximum atomic E-state index is 11.2. The van der Waals surface area contributed by atoms with Gasteiger partial charge >= 0.3 is 6.18 Å². The highest BCUT2D eigenvalue weighted by Crippen LogP contribution is 2.10. The molecule has 0 unspecified atom stereocenters. The summed E-state index contributed by atoms with van der Waals surface area (Å²) in [6.45, 7) is 1.48. The lowest BCUT2D eigenvalue weighted by atomic mass is 10.7. The van der Waals surface area contributed by atoms with E-state index in [0.29, 0.717) is 0 Å². The van der Waals surface area contributed by atoms with Crippen molar-refractivity contribution in [2.45, 2.75) is 13.1 Å². The Kier molecular flexibility index (Phi) is 2.90. The van der Waals surface area contributed by atoms with Crippen LogP contribution in [0.15, 0.2) is 10.2 Å². The Bertz CT molecular complexity index is 124. The zero-order chi connectivity index (χ0) is 7.33. The summed E-state index contributed by atoms with van der Waals surface area (Å²) in [6.07, 6.45) is -3.36. The molecule has 0 atom stereocenters. The molecule has 0 aliphatic heterocycles. The van der Waals surface area contributed by atoms with Gasteiger partial charge in [-0.15, -0.1) is 0 Å². The van der Waals surface area contributed by atoms with Gasteiger partial charge in [-0.1, -0.05) is 0 Å². The number of rotatable bonds is 1. The van der Waals surface area contributed by atoms with Gasteiger partial charge < -0.3 is 0 Å². The van der Waals surface area contributed by atoms with Gasteiger partial charge in [0.2, 0.25) is 0 Å². The molecule has 0 aliphatic rings. The lowest BCUT2D eigenvalue weighted by molar-refractivity contribution is -0.0537. The summed E-state index contributed by atoms with van der Waals surface area (Å²) in [5.74, 6) is 0. The average molecular weight is 138 g/mol. The Labute approximate surface area is 50.1 Å². The van der Waals surface area contributed by atoms with Crippen LogP contribution < -0.4 is 0 Å². The molecule has 0 N–H and O–H groups in total. The average Bonchev–Trinajstić information content (AvgIpc) is 1.63. The van der Waals surface area contributed by atoms with Crippen LogP contribution in [0.3, 0.4) is 0 Å². The minimum Gasteiger partial charge on any atom is -0.165 e. The first kappa shape index (κ1) is 8.13. The van der Waals surface area contributed by atoms with Gasteiger partial charge in [0, 0.05) is 6.21 Å². The van der Waals surface area contributed by atoms with Gasteiger partial charge in [-0.05, 0) is 6.92 Å². The maximum Gasteiger partial charge on any atom is 0.428 e. The molecule has 5 heteroatoms. The molecule has 0 spiro atoms. The second-order valence-electron chi connectivity index (χ2n) is 1.16. The zero-order valence-electron chi connectivity index (χ0n) is 4.68. The molecule has 0 aromatic heterocycles. The molecule has 0 amide bonds. The van der Waals surface area contributed by atoms with Crippen LogP contribution in [0.25, 0.3) is 0 Å². The molecule has 0 radical (unpaired) electrons. The van der Waals surface area contributed by atoms with Crippen molar-refractivity contribution < 1.29 is 13.2 Å². The highest BCUT2D eigenvalue weighted by Gasteiger charge is 2.23. The lowest BCUT2D eigenvalue weighted by Gasteiger charge is -1.92. The molecule has 0 aliphatic carbocycles. The quantitative estimate of drug-likeness (QED) is 0.388. The van der Waals surface area contributed by atoms with E-state index < -0.39 is 6.18 Å². The van der Waals surface area contributed by atoms with Gasteiger partial charge in [-0.2, -0.15) is 23.4 Å². The van der Waals surface area contributed by atoms with Crippen molar-refractivity contribution in [2.24, 2.45) is 10.2 Å². The van der Waals surface area contributed by atoms with E-state index in [1.807, 2.05) is 0 Å². The number of nitrogens with zero attached hydrogens (tertiary/aromatic N) is 2. The molecule has 0 saturated heterocycles. The van der Waals surface area contributed by atoms with Crippen LogP contribution in [-0.2, 0) is 0 Å². The third-order valence-electron chi connectivity index (χ3n) is 0.386. The van der Waals surface area contributed by atoms with Gasteiger partial charge in [0.25, 0.3) is 0 Å². The summed E-state index contributed by atoms with van der Waals surface area (Å²) in [4.78, 5) is 0. The van der Waals surface area contributed by atoms with Crippen LogP contribution in [-0.4, -0.2) is 18.6 Å². The van der Waals surface area contributed by atoms with E-state index in [1.165, 1.54) is 13.1 Å². The Hall–Kier alpha value is -0.870. The second kappa shape index (κ2) is 3.21. The number of alkyl halides is 3. The Morgan fingerprint density at radius 3 is 2.11 bits per heavy atom. The molecular weight excluding hydrogens is 133 g/mol. The van der Waals surface area contributed by atoms with Crippen molar-refractivity contribution in [3.63, 3.8) is 0 Å². The summed E-state index contributed by atoms with van der Waals surface area (Å²) in [7, 11) is 0. The van der Waals surface area contributed by atoms with Crippen LogP contribution in [0, 0.1) is 0 Å². The standard InChI is InChI=1S/C4H5F3N2/c1-2-8-9-3-4(5,6)7/h2-3H,1H3. The van der Waals surface area contributed by atoms with E-state index in [0.717, 1.165) is 0 Å². The topological polar surface area (TPSA) is 24.7 Å². The minimum absolute atomic E-state index is 0.174. The van der Waals surface area contributed by atoms with E-state index in [9.17, 15) is 13.2 Å². The van der Waals surface area contributed by atoms with Crippen LogP contribution >= 0.6 is 0 Å². The molecular formula is C4H5F3N2. The summed E-state index contributed by atoms with van der Waals surface area (Å²) in [6, 6.07) is 0. The minimum atomic E-state index is -4.35. The first-order valence-corrected chi connectivity index (χ1v) is 2.15.